The van der Waals surface area contributed by atoms with Crippen molar-refractivity contribution in [3.8, 4) is 5.75 Å². The van der Waals surface area contributed by atoms with E-state index in [2.05, 4.69) is 33.9 Å². The molecule has 0 aliphatic carbocycles. The van der Waals surface area contributed by atoms with Crippen molar-refractivity contribution in [3.05, 3.63) is 64.1 Å². The summed E-state index contributed by atoms with van der Waals surface area (Å²) in [4.78, 5) is 14.5. The second kappa shape index (κ2) is 5.61. The van der Waals surface area contributed by atoms with Crippen LogP contribution in [0.15, 0.2) is 53.0 Å². The summed E-state index contributed by atoms with van der Waals surface area (Å²) in [5.74, 6) is 0.00272. The van der Waals surface area contributed by atoms with Crippen molar-refractivity contribution in [2.45, 2.75) is 11.0 Å². The van der Waals surface area contributed by atoms with Crippen molar-refractivity contribution < 1.29 is 9.90 Å². The maximum atomic E-state index is 13.0. The average molecular weight is 379 g/mol. The van der Waals surface area contributed by atoms with E-state index in [0.29, 0.717) is 5.56 Å². The summed E-state index contributed by atoms with van der Waals surface area (Å²) in [5, 5.41) is 13.1. The number of hydrogen-bond acceptors (Lipinski definition) is 4. The molecule has 1 saturated heterocycles. The first-order chi connectivity index (χ1) is 10.4. The molecule has 2 unspecified atom stereocenters. The van der Waals surface area contributed by atoms with Crippen LogP contribution in [0.2, 0.25) is 0 Å². The van der Waals surface area contributed by atoms with Crippen molar-refractivity contribution >= 4 is 34.5 Å². The molecule has 0 spiro atoms. The Hall–Kier alpha value is -1.50. The van der Waals surface area contributed by atoms with Gasteiger partial charge in [-0.05, 0) is 35.4 Å². The van der Waals surface area contributed by atoms with Gasteiger partial charge in [-0.15, -0.1) is 12.6 Å². The number of thiol groups is 1. The number of rotatable bonds is 2. The third-order valence-electron chi connectivity index (χ3n) is 3.89. The van der Waals surface area contributed by atoms with Crippen molar-refractivity contribution in [2.24, 2.45) is 0 Å². The molecule has 0 bridgehead atoms. The Balaban J connectivity index is 2.26. The van der Waals surface area contributed by atoms with Gasteiger partial charge in [0.2, 0.25) is 0 Å². The van der Waals surface area contributed by atoms with Crippen LogP contribution in [-0.4, -0.2) is 28.5 Å². The molecule has 3 rings (SSSR count). The number of halogens is 1. The van der Waals surface area contributed by atoms with Crippen LogP contribution < -0.4 is 5.32 Å². The number of carbonyl (C=O) groups excluding carboxylic acids is 1. The molecule has 0 radical (unpaired) electrons. The van der Waals surface area contributed by atoms with Crippen LogP contribution in [-0.2, 0) is 10.3 Å². The minimum Gasteiger partial charge on any atom is -0.508 e. The Morgan fingerprint density at radius 3 is 2.41 bits per heavy atom. The minimum atomic E-state index is -1.07. The van der Waals surface area contributed by atoms with E-state index < -0.39 is 11.0 Å². The number of likely N-dealkylation sites (N-methyl/N-ethyl adjacent to an activating group) is 1. The van der Waals surface area contributed by atoms with E-state index in [-0.39, 0.29) is 11.7 Å². The standard InChI is InChI=1S/C16H15BrN2O2S/c1-19-14(21)16(18-15(19)22,10-4-2-6-12(17)8-10)11-5-3-7-13(20)9-11/h2-9,15,18,20,22H,1H3. The molecule has 2 aromatic carbocycles. The van der Waals surface area contributed by atoms with Gasteiger partial charge in [0.1, 0.15) is 11.2 Å². The Bertz CT molecular complexity index is 692. The van der Waals surface area contributed by atoms with Gasteiger partial charge in [0.25, 0.3) is 5.91 Å². The molecule has 6 heteroatoms. The molecule has 1 fully saturated rings. The fourth-order valence-corrected chi connectivity index (χ4v) is 3.47. The molecular formula is C16H15BrN2O2S. The predicted molar refractivity (Wildman–Crippen MR) is 91.7 cm³/mol. The lowest BCUT2D eigenvalue weighted by atomic mass is 9.82. The Morgan fingerprint density at radius 1 is 1.23 bits per heavy atom. The molecule has 0 saturated carbocycles. The number of nitrogens with zero attached hydrogens (tertiary/aromatic N) is 1. The second-order valence-corrected chi connectivity index (χ2v) is 6.65. The van der Waals surface area contributed by atoms with E-state index in [1.54, 1.807) is 30.1 Å². The summed E-state index contributed by atoms with van der Waals surface area (Å²) in [6.07, 6.45) is 0. The van der Waals surface area contributed by atoms with Crippen molar-refractivity contribution in [3.63, 3.8) is 0 Å². The number of phenols is 1. The predicted octanol–water partition coefficient (Wildman–Crippen LogP) is 2.67. The fourth-order valence-electron chi connectivity index (χ4n) is 2.77. The van der Waals surface area contributed by atoms with E-state index in [0.717, 1.165) is 10.0 Å². The molecule has 1 amide bonds. The van der Waals surface area contributed by atoms with E-state index in [1.165, 1.54) is 0 Å². The molecule has 4 nitrogen and oxygen atoms in total. The highest BCUT2D eigenvalue weighted by Gasteiger charge is 2.51. The third kappa shape index (κ3) is 2.31. The summed E-state index contributed by atoms with van der Waals surface area (Å²) in [6, 6.07) is 14.3. The zero-order valence-corrected chi connectivity index (χ0v) is 14.3. The van der Waals surface area contributed by atoms with Crippen LogP contribution in [0.3, 0.4) is 0 Å². The highest BCUT2D eigenvalue weighted by Crippen LogP contribution is 2.39. The van der Waals surface area contributed by atoms with Crippen LogP contribution in [0.5, 0.6) is 5.75 Å². The molecule has 22 heavy (non-hydrogen) atoms. The van der Waals surface area contributed by atoms with Crippen molar-refractivity contribution in [1.82, 2.24) is 10.2 Å². The second-order valence-electron chi connectivity index (χ2n) is 5.24. The van der Waals surface area contributed by atoms with E-state index >= 15 is 0 Å². The van der Waals surface area contributed by atoms with Crippen LogP contribution in [0.4, 0.5) is 0 Å². The Morgan fingerprint density at radius 2 is 1.86 bits per heavy atom. The maximum absolute atomic E-state index is 13.0. The SMILES string of the molecule is CN1C(=O)C(c2cccc(O)c2)(c2cccc(Br)c2)NC1S. The van der Waals surface area contributed by atoms with Gasteiger partial charge in [0, 0.05) is 11.5 Å². The summed E-state index contributed by atoms with van der Waals surface area (Å²) in [5.41, 5.74) is -0.00217. The molecule has 2 aromatic rings. The van der Waals surface area contributed by atoms with Gasteiger partial charge in [0.05, 0.1) is 0 Å². The van der Waals surface area contributed by atoms with Gasteiger partial charge < -0.3 is 10.0 Å². The molecular weight excluding hydrogens is 364 g/mol. The first-order valence-electron chi connectivity index (χ1n) is 6.74. The zero-order valence-electron chi connectivity index (χ0n) is 11.8. The highest BCUT2D eigenvalue weighted by molar-refractivity contribution is 9.10. The lowest BCUT2D eigenvalue weighted by Gasteiger charge is -2.28. The van der Waals surface area contributed by atoms with Gasteiger partial charge in [-0.2, -0.15) is 0 Å². The lowest BCUT2D eigenvalue weighted by Crippen LogP contribution is -2.45. The summed E-state index contributed by atoms with van der Waals surface area (Å²) in [6.45, 7) is 0. The number of carbonyl (C=O) groups is 1. The highest BCUT2D eigenvalue weighted by atomic mass is 79.9. The van der Waals surface area contributed by atoms with Crippen LogP contribution in [0, 0.1) is 0 Å². The normalized spacial score (nSPS) is 24.8. The zero-order chi connectivity index (χ0) is 15.9. The number of nitrogens with one attached hydrogen (secondary N) is 1. The smallest absolute Gasteiger partial charge is 0.253 e. The summed E-state index contributed by atoms with van der Waals surface area (Å²) < 4.78 is 0.879. The van der Waals surface area contributed by atoms with Gasteiger partial charge in [0.15, 0.2) is 5.54 Å². The molecule has 1 aliphatic heterocycles. The van der Waals surface area contributed by atoms with Crippen LogP contribution in [0.1, 0.15) is 11.1 Å². The van der Waals surface area contributed by atoms with Gasteiger partial charge in [-0.25, -0.2) is 0 Å². The molecule has 2 N–H and O–H groups in total. The quantitative estimate of drug-likeness (QED) is 0.704. The molecule has 114 valence electrons. The summed E-state index contributed by atoms with van der Waals surface area (Å²) in [7, 11) is 1.70. The van der Waals surface area contributed by atoms with Crippen molar-refractivity contribution in [1.29, 1.82) is 0 Å². The first-order valence-corrected chi connectivity index (χ1v) is 8.04. The van der Waals surface area contributed by atoms with Gasteiger partial charge >= 0.3 is 0 Å². The van der Waals surface area contributed by atoms with Gasteiger partial charge in [-0.3, -0.25) is 10.1 Å². The largest absolute Gasteiger partial charge is 0.508 e. The minimum absolute atomic E-state index is 0.115. The van der Waals surface area contributed by atoms with E-state index in [1.807, 2.05) is 30.3 Å². The number of aromatic hydroxyl groups is 1. The number of amides is 1. The maximum Gasteiger partial charge on any atom is 0.253 e. The summed E-state index contributed by atoms with van der Waals surface area (Å²) >= 11 is 7.88. The van der Waals surface area contributed by atoms with Gasteiger partial charge in [-0.1, -0.05) is 40.2 Å². The Kier molecular flexibility index (Phi) is 3.92. The third-order valence-corrected chi connectivity index (χ3v) is 4.86. The average Bonchev–Trinajstić information content (AvgIpc) is 2.72. The van der Waals surface area contributed by atoms with E-state index in [4.69, 9.17) is 0 Å². The fraction of sp³-hybridized carbons (Fsp3) is 0.188. The topological polar surface area (TPSA) is 52.6 Å². The number of benzene rings is 2. The van der Waals surface area contributed by atoms with Crippen LogP contribution in [0.25, 0.3) is 0 Å². The van der Waals surface area contributed by atoms with Crippen molar-refractivity contribution in [2.75, 3.05) is 7.05 Å². The molecule has 1 aliphatic rings. The van der Waals surface area contributed by atoms with Crippen LogP contribution >= 0.6 is 28.6 Å². The number of hydrogen-bond donors (Lipinski definition) is 3. The number of phenolic OH excluding ortho intramolecular Hbond substituents is 1. The molecule has 0 aromatic heterocycles. The molecule has 2 atom stereocenters. The monoisotopic (exact) mass is 378 g/mol. The Labute approximate surface area is 142 Å². The first kappa shape index (κ1) is 15.4. The molecule has 1 heterocycles. The van der Waals surface area contributed by atoms with E-state index in [9.17, 15) is 9.90 Å². The lowest BCUT2D eigenvalue weighted by molar-refractivity contribution is -0.130.